The molecule has 0 aliphatic carbocycles. The molecule has 1 aliphatic heterocycles. The van der Waals surface area contributed by atoms with Crippen molar-refractivity contribution in [3.8, 4) is 0 Å². The average Bonchev–Trinajstić information content (AvgIpc) is 2.38. The van der Waals surface area contributed by atoms with Gasteiger partial charge in [0, 0.05) is 10.6 Å². The van der Waals surface area contributed by atoms with Crippen molar-refractivity contribution in [3.05, 3.63) is 47.5 Å². The van der Waals surface area contributed by atoms with Crippen LogP contribution in [0.2, 0.25) is 5.02 Å². The van der Waals surface area contributed by atoms with Crippen LogP contribution in [0.1, 0.15) is 18.4 Å². The van der Waals surface area contributed by atoms with Crippen LogP contribution in [0.5, 0.6) is 0 Å². The summed E-state index contributed by atoms with van der Waals surface area (Å²) in [5, 5.41) is 4.15. The highest BCUT2D eigenvalue weighted by molar-refractivity contribution is 6.31. The van der Waals surface area contributed by atoms with E-state index in [2.05, 4.69) is 18.0 Å². The molecule has 3 heteroatoms. The van der Waals surface area contributed by atoms with Gasteiger partial charge >= 0.3 is 0 Å². The van der Waals surface area contributed by atoms with Crippen LogP contribution in [-0.2, 0) is 10.3 Å². The first-order chi connectivity index (χ1) is 8.28. The molecule has 1 aromatic rings. The minimum atomic E-state index is -0.252. The quantitative estimate of drug-likeness (QED) is 0.831. The number of rotatable bonds is 4. The second kappa shape index (κ2) is 5.67. The van der Waals surface area contributed by atoms with Gasteiger partial charge in [-0.05, 0) is 32.0 Å². The monoisotopic (exact) mass is 251 g/mol. The van der Waals surface area contributed by atoms with Crippen LogP contribution < -0.4 is 5.32 Å². The van der Waals surface area contributed by atoms with E-state index < -0.39 is 0 Å². The van der Waals surface area contributed by atoms with E-state index in [0.29, 0.717) is 6.61 Å². The van der Waals surface area contributed by atoms with Crippen molar-refractivity contribution in [2.45, 2.75) is 18.4 Å². The summed E-state index contributed by atoms with van der Waals surface area (Å²) in [6.45, 7) is 6.20. The van der Waals surface area contributed by atoms with Gasteiger partial charge in [0.15, 0.2) is 0 Å². The fraction of sp³-hybridized carbons (Fsp3) is 0.429. The van der Waals surface area contributed by atoms with E-state index >= 15 is 0 Å². The molecule has 0 saturated carbocycles. The lowest BCUT2D eigenvalue weighted by Gasteiger charge is -2.38. The number of benzene rings is 1. The molecular formula is C14H18ClNO. The van der Waals surface area contributed by atoms with E-state index in [4.69, 9.17) is 16.3 Å². The molecule has 92 valence electrons. The lowest BCUT2D eigenvalue weighted by atomic mass is 9.84. The molecule has 1 aliphatic rings. The van der Waals surface area contributed by atoms with Crippen molar-refractivity contribution in [1.29, 1.82) is 0 Å². The van der Waals surface area contributed by atoms with Gasteiger partial charge in [-0.15, -0.1) is 6.58 Å². The Bertz CT molecular complexity index is 386. The molecule has 2 rings (SSSR count). The minimum Gasteiger partial charge on any atom is -0.366 e. The zero-order valence-electron chi connectivity index (χ0n) is 9.92. The van der Waals surface area contributed by atoms with E-state index in [1.54, 1.807) is 6.08 Å². The topological polar surface area (TPSA) is 21.3 Å². The smallest absolute Gasteiger partial charge is 0.0974 e. The van der Waals surface area contributed by atoms with Gasteiger partial charge in [0.25, 0.3) is 0 Å². The second-order valence-corrected chi connectivity index (χ2v) is 4.73. The summed E-state index contributed by atoms with van der Waals surface area (Å²) in [6, 6.07) is 7.96. The van der Waals surface area contributed by atoms with Crippen LogP contribution in [0, 0.1) is 0 Å². The fourth-order valence-corrected chi connectivity index (χ4v) is 2.68. The Kier molecular flexibility index (Phi) is 4.21. The molecule has 2 nitrogen and oxygen atoms in total. The molecule has 0 amide bonds. The van der Waals surface area contributed by atoms with Crippen molar-refractivity contribution in [2.75, 3.05) is 19.7 Å². The highest BCUT2D eigenvalue weighted by Gasteiger charge is 2.36. The van der Waals surface area contributed by atoms with Gasteiger partial charge in [0.2, 0.25) is 0 Å². The van der Waals surface area contributed by atoms with E-state index in [-0.39, 0.29) is 5.60 Å². The molecule has 17 heavy (non-hydrogen) atoms. The number of halogens is 1. The third kappa shape index (κ3) is 2.71. The number of hydrogen-bond acceptors (Lipinski definition) is 2. The molecule has 1 saturated heterocycles. The summed E-state index contributed by atoms with van der Waals surface area (Å²) in [4.78, 5) is 0. The SMILES string of the molecule is C=CCOC1(c2ccccc2Cl)CCNCC1. The molecule has 1 N–H and O–H groups in total. The van der Waals surface area contributed by atoms with E-state index in [1.807, 2.05) is 18.2 Å². The van der Waals surface area contributed by atoms with E-state index in [9.17, 15) is 0 Å². The van der Waals surface area contributed by atoms with Crippen LogP contribution in [0.4, 0.5) is 0 Å². The highest BCUT2D eigenvalue weighted by atomic mass is 35.5. The maximum Gasteiger partial charge on any atom is 0.0974 e. The van der Waals surface area contributed by atoms with Crippen LogP contribution in [0.3, 0.4) is 0 Å². The zero-order chi connectivity index (χ0) is 12.1. The van der Waals surface area contributed by atoms with Crippen LogP contribution >= 0.6 is 11.6 Å². The first-order valence-corrected chi connectivity index (χ1v) is 6.37. The van der Waals surface area contributed by atoms with Crippen LogP contribution in [0.25, 0.3) is 0 Å². The molecular weight excluding hydrogens is 234 g/mol. The fourth-order valence-electron chi connectivity index (χ4n) is 2.37. The van der Waals surface area contributed by atoms with E-state index in [1.165, 1.54) is 0 Å². The van der Waals surface area contributed by atoms with Crippen LogP contribution in [0.15, 0.2) is 36.9 Å². The molecule has 0 spiro atoms. The third-order valence-electron chi connectivity index (χ3n) is 3.25. The maximum atomic E-state index is 6.30. The normalized spacial score (nSPS) is 18.9. The summed E-state index contributed by atoms with van der Waals surface area (Å²) >= 11 is 6.30. The van der Waals surface area contributed by atoms with Gasteiger partial charge in [0.1, 0.15) is 0 Å². The molecule has 1 aromatic carbocycles. The highest BCUT2D eigenvalue weighted by Crippen LogP contribution is 2.38. The Morgan fingerprint density at radius 1 is 1.35 bits per heavy atom. The summed E-state index contributed by atoms with van der Waals surface area (Å²) in [5.74, 6) is 0. The van der Waals surface area contributed by atoms with Crippen molar-refractivity contribution >= 4 is 11.6 Å². The van der Waals surface area contributed by atoms with Crippen molar-refractivity contribution in [2.24, 2.45) is 0 Å². The lowest BCUT2D eigenvalue weighted by Crippen LogP contribution is -2.42. The predicted octanol–water partition coefficient (Wildman–Crippen LogP) is 3.12. The summed E-state index contributed by atoms with van der Waals surface area (Å²) in [5.41, 5.74) is 0.850. The predicted molar refractivity (Wildman–Crippen MR) is 71.4 cm³/mol. The lowest BCUT2D eigenvalue weighted by molar-refractivity contribution is -0.0580. The van der Waals surface area contributed by atoms with Gasteiger partial charge in [-0.25, -0.2) is 0 Å². The first-order valence-electron chi connectivity index (χ1n) is 5.99. The van der Waals surface area contributed by atoms with Gasteiger partial charge in [-0.1, -0.05) is 35.9 Å². The molecule has 0 unspecified atom stereocenters. The number of hydrogen-bond donors (Lipinski definition) is 1. The average molecular weight is 252 g/mol. The molecule has 1 fully saturated rings. The Balaban J connectivity index is 2.31. The molecule has 0 bridgehead atoms. The zero-order valence-corrected chi connectivity index (χ0v) is 10.7. The second-order valence-electron chi connectivity index (χ2n) is 4.32. The minimum absolute atomic E-state index is 0.252. The van der Waals surface area contributed by atoms with Crippen LogP contribution in [-0.4, -0.2) is 19.7 Å². The molecule has 0 aromatic heterocycles. The standard InChI is InChI=1S/C14H18ClNO/c1-2-11-17-14(7-9-16-10-8-14)12-5-3-4-6-13(12)15/h2-6,16H,1,7-11H2. The molecule has 0 atom stereocenters. The summed E-state index contributed by atoms with van der Waals surface area (Å²) in [6.07, 6.45) is 3.69. The Labute approximate surface area is 108 Å². The summed E-state index contributed by atoms with van der Waals surface area (Å²) < 4.78 is 6.04. The van der Waals surface area contributed by atoms with Crippen molar-refractivity contribution in [1.82, 2.24) is 5.32 Å². The maximum absolute atomic E-state index is 6.30. The number of piperidine rings is 1. The van der Waals surface area contributed by atoms with Crippen molar-refractivity contribution in [3.63, 3.8) is 0 Å². The van der Waals surface area contributed by atoms with Gasteiger partial charge < -0.3 is 10.1 Å². The third-order valence-corrected chi connectivity index (χ3v) is 3.58. The Morgan fingerprint density at radius 3 is 2.71 bits per heavy atom. The molecule has 0 radical (unpaired) electrons. The largest absolute Gasteiger partial charge is 0.366 e. The van der Waals surface area contributed by atoms with Gasteiger partial charge in [-0.3, -0.25) is 0 Å². The first kappa shape index (κ1) is 12.6. The number of ether oxygens (including phenoxy) is 1. The molecule has 1 heterocycles. The summed E-state index contributed by atoms with van der Waals surface area (Å²) in [7, 11) is 0. The van der Waals surface area contributed by atoms with Gasteiger partial charge in [-0.2, -0.15) is 0 Å². The Hall–Kier alpha value is -0.830. The van der Waals surface area contributed by atoms with Gasteiger partial charge in [0.05, 0.1) is 12.2 Å². The Morgan fingerprint density at radius 2 is 2.06 bits per heavy atom. The van der Waals surface area contributed by atoms with Crippen molar-refractivity contribution < 1.29 is 4.74 Å². The number of nitrogens with one attached hydrogen (secondary N) is 1. The van der Waals surface area contributed by atoms with E-state index in [0.717, 1.165) is 36.5 Å².